The van der Waals surface area contributed by atoms with E-state index in [1.54, 1.807) is 6.07 Å². The summed E-state index contributed by atoms with van der Waals surface area (Å²) in [6, 6.07) is 5.67. The number of methoxy groups -OCH3 is 1. The van der Waals surface area contributed by atoms with Gasteiger partial charge in [-0.1, -0.05) is 12.1 Å². The third kappa shape index (κ3) is 3.46. The van der Waals surface area contributed by atoms with Gasteiger partial charge in [-0.05, 0) is 12.1 Å². The summed E-state index contributed by atoms with van der Waals surface area (Å²) in [7, 11) is -2.87. The van der Waals surface area contributed by atoms with Gasteiger partial charge in [0.25, 0.3) is 10.1 Å². The van der Waals surface area contributed by atoms with E-state index in [9.17, 15) is 8.42 Å². The molecule has 3 N–H and O–H groups in total. The Kier molecular flexibility index (Phi) is 4.25. The molecule has 0 heterocycles. The minimum absolute atomic E-state index is 0.00505. The third-order valence-corrected chi connectivity index (χ3v) is 2.63. The van der Waals surface area contributed by atoms with Gasteiger partial charge in [-0.2, -0.15) is 8.42 Å². The predicted octanol–water partition coefficient (Wildman–Crippen LogP) is 0.243. The average molecular weight is 247 g/mol. The lowest BCUT2D eigenvalue weighted by atomic mass is 10.3. The molecule has 0 radical (unpaired) electrons. The zero-order valence-electron chi connectivity index (χ0n) is 8.66. The average Bonchev–Trinajstić information content (AvgIpc) is 2.17. The van der Waals surface area contributed by atoms with Gasteiger partial charge in [0.1, 0.15) is 10.6 Å². The highest BCUT2D eigenvalue weighted by molar-refractivity contribution is 7.86. The van der Waals surface area contributed by atoms with Crippen LogP contribution in [-0.2, 0) is 14.9 Å². The van der Waals surface area contributed by atoms with Crippen LogP contribution in [0.5, 0.6) is 5.75 Å². The highest BCUT2D eigenvalue weighted by atomic mass is 32.2. The van der Waals surface area contributed by atoms with E-state index < -0.39 is 16.3 Å². The van der Waals surface area contributed by atoms with Crippen LogP contribution in [-0.4, -0.2) is 32.9 Å². The Hall–Kier alpha value is -1.15. The highest BCUT2D eigenvalue weighted by Crippen LogP contribution is 2.23. The number of hydrogen-bond acceptors (Lipinski definition) is 5. The molecule has 6 nitrogen and oxygen atoms in total. The lowest BCUT2D eigenvalue weighted by molar-refractivity contribution is 0.0829. The second kappa shape index (κ2) is 5.26. The van der Waals surface area contributed by atoms with Crippen LogP contribution in [0, 0.1) is 0 Å². The highest BCUT2D eigenvalue weighted by Gasteiger charge is 2.17. The standard InChI is InChI=1S/C9H13NO5S/c1-14-6-9(10)15-7-4-2-3-5-8(7)16(11,12)13/h2-5,9H,6,10H2,1H3,(H,11,12,13). The van der Waals surface area contributed by atoms with Crippen molar-refractivity contribution >= 4 is 10.1 Å². The maximum Gasteiger partial charge on any atom is 0.298 e. The summed E-state index contributed by atoms with van der Waals surface area (Å²) >= 11 is 0. The van der Waals surface area contributed by atoms with Gasteiger partial charge < -0.3 is 9.47 Å². The Morgan fingerprint density at radius 3 is 2.62 bits per heavy atom. The number of rotatable bonds is 5. The van der Waals surface area contributed by atoms with Gasteiger partial charge in [0.15, 0.2) is 6.23 Å². The van der Waals surface area contributed by atoms with Gasteiger partial charge in [-0.15, -0.1) is 0 Å². The molecule has 1 aromatic rings. The van der Waals surface area contributed by atoms with E-state index in [-0.39, 0.29) is 17.3 Å². The first-order chi connectivity index (χ1) is 7.45. The fourth-order valence-electron chi connectivity index (χ4n) is 1.12. The van der Waals surface area contributed by atoms with E-state index in [1.807, 2.05) is 0 Å². The molecule has 16 heavy (non-hydrogen) atoms. The molecular formula is C9H13NO5S. The Labute approximate surface area is 93.7 Å². The maximum atomic E-state index is 11.0. The van der Waals surface area contributed by atoms with Crippen molar-refractivity contribution in [3.63, 3.8) is 0 Å². The summed E-state index contributed by atoms with van der Waals surface area (Å²) in [6.07, 6.45) is -0.798. The molecule has 1 aromatic carbocycles. The number of ether oxygens (including phenoxy) is 2. The normalized spacial score (nSPS) is 13.4. The zero-order valence-corrected chi connectivity index (χ0v) is 9.48. The summed E-state index contributed by atoms with van der Waals surface area (Å²) in [5.41, 5.74) is 5.50. The lowest BCUT2D eigenvalue weighted by Crippen LogP contribution is -2.32. The van der Waals surface area contributed by atoms with Crippen molar-refractivity contribution in [1.82, 2.24) is 0 Å². The molecule has 0 aromatic heterocycles. The first kappa shape index (κ1) is 12.9. The van der Waals surface area contributed by atoms with Gasteiger partial charge in [-0.3, -0.25) is 10.3 Å². The SMILES string of the molecule is COCC(N)Oc1ccccc1S(=O)(=O)O. The molecule has 0 amide bonds. The van der Waals surface area contributed by atoms with Crippen LogP contribution in [0.15, 0.2) is 29.2 Å². The Morgan fingerprint density at radius 2 is 2.06 bits per heavy atom. The molecule has 1 unspecified atom stereocenters. The summed E-state index contributed by atoms with van der Waals surface area (Å²) in [5, 5.41) is 0. The summed E-state index contributed by atoms with van der Waals surface area (Å²) in [4.78, 5) is -0.318. The van der Waals surface area contributed by atoms with Crippen LogP contribution < -0.4 is 10.5 Å². The molecule has 0 aliphatic carbocycles. The topological polar surface area (TPSA) is 98.9 Å². The van der Waals surface area contributed by atoms with Crippen molar-refractivity contribution in [2.75, 3.05) is 13.7 Å². The van der Waals surface area contributed by atoms with E-state index in [2.05, 4.69) is 0 Å². The monoisotopic (exact) mass is 247 g/mol. The van der Waals surface area contributed by atoms with Gasteiger partial charge in [-0.25, -0.2) is 0 Å². The first-order valence-corrected chi connectivity index (χ1v) is 5.87. The van der Waals surface area contributed by atoms with E-state index in [4.69, 9.17) is 19.8 Å². The molecule has 0 aliphatic rings. The molecule has 0 aliphatic heterocycles. The lowest BCUT2D eigenvalue weighted by Gasteiger charge is -2.15. The van der Waals surface area contributed by atoms with E-state index in [1.165, 1.54) is 25.3 Å². The Balaban J connectivity index is 2.96. The number of benzene rings is 1. The molecule has 0 saturated carbocycles. The number of nitrogens with two attached hydrogens (primary N) is 1. The molecule has 1 atom stereocenters. The van der Waals surface area contributed by atoms with Crippen LogP contribution in [0.4, 0.5) is 0 Å². The van der Waals surface area contributed by atoms with Crippen molar-refractivity contribution < 1.29 is 22.4 Å². The Morgan fingerprint density at radius 1 is 1.44 bits per heavy atom. The quantitative estimate of drug-likeness (QED) is 0.571. The third-order valence-electron chi connectivity index (χ3n) is 1.74. The first-order valence-electron chi connectivity index (χ1n) is 4.43. The molecule has 0 fully saturated rings. The van der Waals surface area contributed by atoms with Crippen molar-refractivity contribution in [3.05, 3.63) is 24.3 Å². The van der Waals surface area contributed by atoms with E-state index in [0.717, 1.165) is 0 Å². The molecular weight excluding hydrogens is 234 g/mol. The number of hydrogen-bond donors (Lipinski definition) is 2. The van der Waals surface area contributed by atoms with E-state index in [0.29, 0.717) is 0 Å². The molecule has 90 valence electrons. The minimum atomic E-state index is -4.32. The van der Waals surface area contributed by atoms with Crippen LogP contribution in [0.25, 0.3) is 0 Å². The van der Waals surface area contributed by atoms with Crippen molar-refractivity contribution in [3.8, 4) is 5.75 Å². The van der Waals surface area contributed by atoms with Gasteiger partial charge in [0.05, 0.1) is 6.61 Å². The molecule has 0 spiro atoms. The summed E-state index contributed by atoms with van der Waals surface area (Å²) < 4.78 is 40.8. The maximum absolute atomic E-state index is 11.0. The molecule has 1 rings (SSSR count). The predicted molar refractivity (Wildman–Crippen MR) is 56.7 cm³/mol. The van der Waals surface area contributed by atoms with Crippen molar-refractivity contribution in [1.29, 1.82) is 0 Å². The smallest absolute Gasteiger partial charge is 0.298 e. The van der Waals surface area contributed by atoms with Gasteiger partial charge in [0, 0.05) is 7.11 Å². The van der Waals surface area contributed by atoms with Gasteiger partial charge >= 0.3 is 0 Å². The largest absolute Gasteiger partial charge is 0.472 e. The van der Waals surface area contributed by atoms with Crippen molar-refractivity contribution in [2.45, 2.75) is 11.1 Å². The molecule has 0 saturated heterocycles. The number of para-hydroxylation sites is 1. The van der Waals surface area contributed by atoms with Crippen LogP contribution >= 0.6 is 0 Å². The van der Waals surface area contributed by atoms with Crippen molar-refractivity contribution in [2.24, 2.45) is 5.73 Å². The Bertz CT molecular complexity index is 445. The zero-order chi connectivity index (χ0) is 12.2. The minimum Gasteiger partial charge on any atom is -0.472 e. The fourth-order valence-corrected chi connectivity index (χ4v) is 1.74. The molecule has 7 heteroatoms. The summed E-state index contributed by atoms with van der Waals surface area (Å²) in [6.45, 7) is 0.111. The van der Waals surface area contributed by atoms with E-state index >= 15 is 0 Å². The molecule has 0 bridgehead atoms. The van der Waals surface area contributed by atoms with Gasteiger partial charge in [0.2, 0.25) is 0 Å². The van der Waals surface area contributed by atoms with Crippen LogP contribution in [0.3, 0.4) is 0 Å². The fraction of sp³-hybridized carbons (Fsp3) is 0.333. The second-order valence-electron chi connectivity index (χ2n) is 3.03. The summed E-state index contributed by atoms with van der Waals surface area (Å²) in [5.74, 6) is -0.00505. The van der Waals surface area contributed by atoms with Crippen LogP contribution in [0.1, 0.15) is 0 Å². The second-order valence-corrected chi connectivity index (χ2v) is 4.42. The van der Waals surface area contributed by atoms with Crippen LogP contribution in [0.2, 0.25) is 0 Å².